The van der Waals surface area contributed by atoms with Crippen molar-refractivity contribution >= 4 is 11.7 Å². The van der Waals surface area contributed by atoms with Crippen LogP contribution in [0.25, 0.3) is 0 Å². The van der Waals surface area contributed by atoms with E-state index < -0.39 is 23.5 Å². The lowest BCUT2D eigenvalue weighted by molar-refractivity contribution is -0.138. The molecule has 7 heteroatoms. The van der Waals surface area contributed by atoms with Crippen molar-refractivity contribution in [3.05, 3.63) is 53.6 Å². The molecular formula is C14H10F3NO3. The molecule has 0 aliphatic rings. The standard InChI is InChI=1S/C14H10F3NO3/c15-14(16,17)10-3-1-2-4-11(10)21-12-7-8(18)5-6-9(12)13(19)20/h1-7H,18H2,(H,19,20). The van der Waals surface area contributed by atoms with Gasteiger partial charge in [-0.15, -0.1) is 0 Å². The van der Waals surface area contributed by atoms with E-state index in [4.69, 9.17) is 15.6 Å². The second kappa shape index (κ2) is 5.35. The highest BCUT2D eigenvalue weighted by molar-refractivity contribution is 5.91. The fourth-order valence-corrected chi connectivity index (χ4v) is 1.71. The molecule has 0 saturated heterocycles. The van der Waals surface area contributed by atoms with E-state index in [1.165, 1.54) is 24.3 Å². The predicted molar refractivity (Wildman–Crippen MR) is 69.3 cm³/mol. The van der Waals surface area contributed by atoms with Gasteiger partial charge in [-0.25, -0.2) is 4.79 Å². The molecule has 0 fully saturated rings. The van der Waals surface area contributed by atoms with Crippen molar-refractivity contribution in [1.29, 1.82) is 0 Å². The monoisotopic (exact) mass is 297 g/mol. The van der Waals surface area contributed by atoms with Gasteiger partial charge in [0.15, 0.2) is 0 Å². The Morgan fingerprint density at radius 2 is 1.76 bits per heavy atom. The summed E-state index contributed by atoms with van der Waals surface area (Å²) in [6, 6.07) is 8.19. The van der Waals surface area contributed by atoms with Crippen LogP contribution in [-0.4, -0.2) is 11.1 Å². The maximum atomic E-state index is 12.9. The fourth-order valence-electron chi connectivity index (χ4n) is 1.71. The highest BCUT2D eigenvalue weighted by Crippen LogP contribution is 2.38. The van der Waals surface area contributed by atoms with E-state index in [-0.39, 0.29) is 17.0 Å². The van der Waals surface area contributed by atoms with Gasteiger partial charge in [0.1, 0.15) is 17.1 Å². The molecule has 3 N–H and O–H groups in total. The highest BCUT2D eigenvalue weighted by atomic mass is 19.4. The number of carbonyl (C=O) groups is 1. The van der Waals surface area contributed by atoms with Gasteiger partial charge in [-0.1, -0.05) is 12.1 Å². The van der Waals surface area contributed by atoms with Gasteiger partial charge < -0.3 is 15.6 Å². The summed E-state index contributed by atoms with van der Waals surface area (Å²) >= 11 is 0. The van der Waals surface area contributed by atoms with E-state index in [0.29, 0.717) is 0 Å². The average molecular weight is 297 g/mol. The van der Waals surface area contributed by atoms with Gasteiger partial charge in [0.2, 0.25) is 0 Å². The van der Waals surface area contributed by atoms with Gasteiger partial charge in [0.25, 0.3) is 0 Å². The molecule has 0 aromatic heterocycles. The lowest BCUT2D eigenvalue weighted by atomic mass is 10.1. The molecule has 2 aromatic rings. The van der Waals surface area contributed by atoms with Crippen LogP contribution in [0.15, 0.2) is 42.5 Å². The Bertz CT molecular complexity index is 683. The molecule has 0 spiro atoms. The Morgan fingerprint density at radius 1 is 1.10 bits per heavy atom. The largest absolute Gasteiger partial charge is 0.478 e. The van der Waals surface area contributed by atoms with Gasteiger partial charge in [-0.05, 0) is 24.3 Å². The lowest BCUT2D eigenvalue weighted by Gasteiger charge is -2.15. The summed E-state index contributed by atoms with van der Waals surface area (Å²) in [5.41, 5.74) is 4.42. The Labute approximate surface area is 117 Å². The third kappa shape index (κ3) is 3.25. The lowest BCUT2D eigenvalue weighted by Crippen LogP contribution is -2.08. The summed E-state index contributed by atoms with van der Waals surface area (Å²) in [4.78, 5) is 11.1. The van der Waals surface area contributed by atoms with E-state index in [0.717, 1.165) is 18.2 Å². The predicted octanol–water partition coefficient (Wildman–Crippen LogP) is 3.78. The van der Waals surface area contributed by atoms with Crippen LogP contribution in [0.1, 0.15) is 15.9 Å². The topological polar surface area (TPSA) is 72.6 Å². The van der Waals surface area contributed by atoms with Crippen molar-refractivity contribution in [2.24, 2.45) is 0 Å². The molecule has 110 valence electrons. The number of benzene rings is 2. The van der Waals surface area contributed by atoms with Gasteiger partial charge >= 0.3 is 12.1 Å². The first-order valence-electron chi connectivity index (χ1n) is 5.76. The second-order valence-electron chi connectivity index (χ2n) is 4.16. The summed E-state index contributed by atoms with van der Waals surface area (Å²) < 4.78 is 43.7. The number of alkyl halides is 3. The molecule has 0 saturated carbocycles. The van der Waals surface area contributed by atoms with Gasteiger partial charge in [-0.2, -0.15) is 13.2 Å². The van der Waals surface area contributed by atoms with Crippen LogP contribution in [0.2, 0.25) is 0 Å². The van der Waals surface area contributed by atoms with E-state index in [2.05, 4.69) is 0 Å². The second-order valence-corrected chi connectivity index (χ2v) is 4.16. The molecule has 2 aromatic carbocycles. The Morgan fingerprint density at radius 3 is 2.38 bits per heavy atom. The first-order chi connectivity index (χ1) is 9.79. The molecule has 2 rings (SSSR count). The van der Waals surface area contributed by atoms with E-state index >= 15 is 0 Å². The Balaban J connectivity index is 2.49. The zero-order chi connectivity index (χ0) is 15.6. The number of nitrogens with two attached hydrogens (primary N) is 1. The van der Waals surface area contributed by atoms with Crippen molar-refractivity contribution in [3.8, 4) is 11.5 Å². The number of ether oxygens (including phenoxy) is 1. The third-order valence-electron chi connectivity index (χ3n) is 2.65. The maximum absolute atomic E-state index is 12.9. The SMILES string of the molecule is Nc1ccc(C(=O)O)c(Oc2ccccc2C(F)(F)F)c1. The molecule has 0 radical (unpaired) electrons. The quantitative estimate of drug-likeness (QED) is 0.846. The molecule has 0 unspecified atom stereocenters. The van der Waals surface area contributed by atoms with Crippen molar-refractivity contribution in [2.75, 3.05) is 5.73 Å². The number of halogens is 3. The number of anilines is 1. The third-order valence-corrected chi connectivity index (χ3v) is 2.65. The van der Waals surface area contributed by atoms with Crippen LogP contribution >= 0.6 is 0 Å². The van der Waals surface area contributed by atoms with E-state index in [9.17, 15) is 18.0 Å². The zero-order valence-corrected chi connectivity index (χ0v) is 10.5. The molecule has 0 atom stereocenters. The van der Waals surface area contributed by atoms with Crippen LogP contribution in [-0.2, 0) is 6.18 Å². The number of hydrogen-bond acceptors (Lipinski definition) is 3. The van der Waals surface area contributed by atoms with Crippen molar-refractivity contribution in [3.63, 3.8) is 0 Å². The molecule has 0 aliphatic carbocycles. The molecular weight excluding hydrogens is 287 g/mol. The molecule has 0 bridgehead atoms. The summed E-state index contributed by atoms with van der Waals surface area (Å²) in [7, 11) is 0. The first-order valence-corrected chi connectivity index (χ1v) is 5.76. The van der Waals surface area contributed by atoms with Crippen LogP contribution in [0, 0.1) is 0 Å². The number of carboxylic acid groups (broad SMARTS) is 1. The summed E-state index contributed by atoms with van der Waals surface area (Å²) in [5.74, 6) is -2.06. The highest BCUT2D eigenvalue weighted by Gasteiger charge is 2.34. The zero-order valence-electron chi connectivity index (χ0n) is 10.5. The number of para-hydroxylation sites is 1. The normalized spacial score (nSPS) is 11.2. The average Bonchev–Trinajstić information content (AvgIpc) is 2.37. The number of rotatable bonds is 3. The van der Waals surface area contributed by atoms with Crippen LogP contribution in [0.4, 0.5) is 18.9 Å². The molecule has 21 heavy (non-hydrogen) atoms. The van der Waals surface area contributed by atoms with Crippen molar-refractivity contribution in [1.82, 2.24) is 0 Å². The number of hydrogen-bond donors (Lipinski definition) is 2. The first kappa shape index (κ1) is 14.7. The number of nitrogen functional groups attached to an aromatic ring is 1. The Kier molecular flexibility index (Phi) is 3.75. The van der Waals surface area contributed by atoms with Gasteiger partial charge in [0, 0.05) is 11.8 Å². The molecule has 4 nitrogen and oxygen atoms in total. The van der Waals surface area contributed by atoms with Gasteiger partial charge in [0.05, 0.1) is 5.56 Å². The summed E-state index contributed by atoms with van der Waals surface area (Å²) in [6.45, 7) is 0. The van der Waals surface area contributed by atoms with Gasteiger partial charge in [-0.3, -0.25) is 0 Å². The van der Waals surface area contributed by atoms with Crippen LogP contribution in [0.5, 0.6) is 11.5 Å². The molecule has 0 heterocycles. The minimum atomic E-state index is -4.61. The summed E-state index contributed by atoms with van der Waals surface area (Å²) in [5, 5.41) is 9.02. The molecule has 0 amide bonds. The fraction of sp³-hybridized carbons (Fsp3) is 0.0714. The number of carboxylic acids is 1. The van der Waals surface area contributed by atoms with Crippen LogP contribution < -0.4 is 10.5 Å². The minimum Gasteiger partial charge on any atom is -0.478 e. The van der Waals surface area contributed by atoms with Crippen molar-refractivity contribution in [2.45, 2.75) is 6.18 Å². The summed E-state index contributed by atoms with van der Waals surface area (Å²) in [6.07, 6.45) is -4.61. The van der Waals surface area contributed by atoms with Crippen molar-refractivity contribution < 1.29 is 27.8 Å². The Hall–Kier alpha value is -2.70. The molecule has 0 aliphatic heterocycles. The van der Waals surface area contributed by atoms with E-state index in [1.54, 1.807) is 0 Å². The smallest absolute Gasteiger partial charge is 0.419 e. The maximum Gasteiger partial charge on any atom is 0.419 e. The minimum absolute atomic E-state index is 0.180. The van der Waals surface area contributed by atoms with E-state index in [1.807, 2.05) is 0 Å². The van der Waals surface area contributed by atoms with Crippen LogP contribution in [0.3, 0.4) is 0 Å². The number of aromatic carboxylic acids is 1.